The summed E-state index contributed by atoms with van der Waals surface area (Å²) in [4.78, 5) is 6.65. The number of oxazole rings is 1. The molecule has 1 saturated heterocycles. The van der Waals surface area contributed by atoms with E-state index in [0.29, 0.717) is 28.3 Å². The lowest BCUT2D eigenvalue weighted by Crippen LogP contribution is -2.39. The summed E-state index contributed by atoms with van der Waals surface area (Å²) < 4.78 is 33.9. The second kappa shape index (κ2) is 8.36. The Morgan fingerprint density at radius 2 is 1.63 bits per heavy atom. The second-order valence-electron chi connectivity index (χ2n) is 7.94. The van der Waals surface area contributed by atoms with Crippen LogP contribution in [0.25, 0.3) is 11.5 Å². The van der Waals surface area contributed by atoms with Gasteiger partial charge in [-0.2, -0.15) is 4.98 Å². The topological polar surface area (TPSA) is 63.4 Å². The monoisotopic (exact) mass is 508 g/mol. The highest BCUT2D eigenvalue weighted by atomic mass is 79.9. The van der Waals surface area contributed by atoms with Gasteiger partial charge in [0.05, 0.1) is 4.90 Å². The fourth-order valence-electron chi connectivity index (χ4n) is 3.94. The Bertz CT molecular complexity index is 1130. The molecule has 4 rings (SSSR count). The van der Waals surface area contributed by atoms with Crippen LogP contribution in [0.5, 0.6) is 0 Å². The first-order chi connectivity index (χ1) is 14.2. The third kappa shape index (κ3) is 4.29. The van der Waals surface area contributed by atoms with E-state index >= 15 is 0 Å². The molecule has 1 fully saturated rings. The normalized spacial score (nSPS) is 19.8. The lowest BCUT2D eigenvalue weighted by atomic mass is 9.92. The van der Waals surface area contributed by atoms with Gasteiger partial charge >= 0.3 is 0 Å². The molecule has 3 aromatic rings. The van der Waals surface area contributed by atoms with Gasteiger partial charge in [0.25, 0.3) is 0 Å². The van der Waals surface area contributed by atoms with E-state index in [1.807, 2.05) is 4.90 Å². The molecule has 0 spiro atoms. The van der Waals surface area contributed by atoms with Crippen LogP contribution in [-0.2, 0) is 9.84 Å². The summed E-state index contributed by atoms with van der Waals surface area (Å²) in [6, 6.07) is 13.6. The summed E-state index contributed by atoms with van der Waals surface area (Å²) in [6.07, 6.45) is 1.10. The number of benzene rings is 2. The summed E-state index contributed by atoms with van der Waals surface area (Å²) in [5.41, 5.74) is 0.677. The predicted octanol–water partition coefficient (Wildman–Crippen LogP) is 6.07. The maximum Gasteiger partial charge on any atom is 0.236 e. The molecule has 1 aromatic heterocycles. The lowest BCUT2D eigenvalue weighted by molar-refractivity contribution is 0.342. The summed E-state index contributed by atoms with van der Waals surface area (Å²) in [7, 11) is -3.86. The Balaban J connectivity index is 1.85. The van der Waals surface area contributed by atoms with E-state index < -0.39 is 9.84 Å². The molecule has 2 heterocycles. The van der Waals surface area contributed by atoms with Crippen LogP contribution < -0.4 is 4.90 Å². The molecule has 0 bridgehead atoms. The SMILES string of the molecule is CC1CC(C)CN(c2oc(-c3ccc(Cl)cc3)nc2S(=O)(=O)c2ccc(Br)cc2)C1. The van der Waals surface area contributed by atoms with Gasteiger partial charge in [-0.15, -0.1) is 0 Å². The number of piperidine rings is 1. The van der Waals surface area contributed by atoms with Gasteiger partial charge in [-0.25, -0.2) is 8.42 Å². The third-order valence-corrected chi connectivity index (χ3v) is 7.65. The number of aromatic nitrogens is 1. The molecule has 2 atom stereocenters. The first kappa shape index (κ1) is 21.4. The highest BCUT2D eigenvalue weighted by molar-refractivity contribution is 9.10. The number of anilines is 1. The highest BCUT2D eigenvalue weighted by Crippen LogP contribution is 2.37. The van der Waals surface area contributed by atoms with Crippen LogP contribution in [0.2, 0.25) is 5.02 Å². The molecule has 5 nitrogen and oxygen atoms in total. The van der Waals surface area contributed by atoms with Crippen LogP contribution in [0.15, 0.2) is 67.3 Å². The molecule has 30 heavy (non-hydrogen) atoms. The molecule has 158 valence electrons. The number of rotatable bonds is 4. The molecule has 0 radical (unpaired) electrons. The minimum absolute atomic E-state index is 0.0453. The van der Waals surface area contributed by atoms with Gasteiger partial charge < -0.3 is 9.32 Å². The van der Waals surface area contributed by atoms with Gasteiger partial charge in [-0.05, 0) is 66.8 Å². The Labute approximate surface area is 190 Å². The number of nitrogens with zero attached hydrogens (tertiary/aromatic N) is 2. The van der Waals surface area contributed by atoms with E-state index in [9.17, 15) is 8.42 Å². The Morgan fingerprint density at radius 1 is 1.03 bits per heavy atom. The number of sulfone groups is 1. The van der Waals surface area contributed by atoms with Crippen molar-refractivity contribution < 1.29 is 12.8 Å². The number of halogens is 2. The summed E-state index contributed by atoms with van der Waals surface area (Å²) in [5.74, 6) is 1.44. The molecule has 8 heteroatoms. The van der Waals surface area contributed by atoms with Gasteiger partial charge in [0.1, 0.15) is 0 Å². The van der Waals surface area contributed by atoms with Gasteiger partial charge in [-0.1, -0.05) is 41.4 Å². The van der Waals surface area contributed by atoms with E-state index in [-0.39, 0.29) is 15.8 Å². The first-order valence-electron chi connectivity index (χ1n) is 9.76. The maximum atomic E-state index is 13.5. The van der Waals surface area contributed by atoms with E-state index in [1.54, 1.807) is 48.5 Å². The molecule has 0 saturated carbocycles. The van der Waals surface area contributed by atoms with Crippen molar-refractivity contribution in [3.05, 3.63) is 58.0 Å². The van der Waals surface area contributed by atoms with Crippen LogP contribution in [0.3, 0.4) is 0 Å². The maximum absolute atomic E-state index is 13.5. The average molecular weight is 510 g/mol. The van der Waals surface area contributed by atoms with E-state index in [0.717, 1.165) is 24.0 Å². The zero-order valence-electron chi connectivity index (χ0n) is 16.7. The average Bonchev–Trinajstić information content (AvgIpc) is 3.14. The van der Waals surface area contributed by atoms with Gasteiger partial charge in [0, 0.05) is 28.1 Å². The second-order valence-corrected chi connectivity index (χ2v) is 11.2. The smallest absolute Gasteiger partial charge is 0.236 e. The van der Waals surface area contributed by atoms with Crippen molar-refractivity contribution in [2.75, 3.05) is 18.0 Å². The molecule has 1 aliphatic rings. The standard InChI is InChI=1S/C22H22BrClN2O3S/c1-14-11-15(2)13-26(12-14)22-21(30(27,28)19-9-5-17(23)6-10-19)25-20(29-22)16-3-7-18(24)8-4-16/h3-10,14-15H,11-13H2,1-2H3. The Hall–Kier alpha value is -1.83. The van der Waals surface area contributed by atoms with Crippen molar-refractivity contribution in [1.82, 2.24) is 4.98 Å². The zero-order valence-corrected chi connectivity index (χ0v) is 19.8. The minimum atomic E-state index is -3.86. The predicted molar refractivity (Wildman–Crippen MR) is 122 cm³/mol. The molecule has 0 aliphatic carbocycles. The lowest BCUT2D eigenvalue weighted by Gasteiger charge is -2.34. The van der Waals surface area contributed by atoms with Gasteiger partial charge in [0.2, 0.25) is 26.6 Å². The number of hydrogen-bond acceptors (Lipinski definition) is 5. The van der Waals surface area contributed by atoms with Crippen molar-refractivity contribution in [3.8, 4) is 11.5 Å². The minimum Gasteiger partial charge on any atom is -0.419 e. The van der Waals surface area contributed by atoms with Crippen molar-refractivity contribution in [1.29, 1.82) is 0 Å². The van der Waals surface area contributed by atoms with Gasteiger partial charge in [0.15, 0.2) is 0 Å². The van der Waals surface area contributed by atoms with Crippen LogP contribution >= 0.6 is 27.5 Å². The Morgan fingerprint density at radius 3 is 2.23 bits per heavy atom. The Kier molecular flexibility index (Phi) is 5.97. The third-order valence-electron chi connectivity index (χ3n) is 5.21. The van der Waals surface area contributed by atoms with Crippen molar-refractivity contribution in [3.63, 3.8) is 0 Å². The van der Waals surface area contributed by atoms with Crippen molar-refractivity contribution in [2.24, 2.45) is 11.8 Å². The molecular formula is C22H22BrClN2O3S. The number of hydrogen-bond donors (Lipinski definition) is 0. The fraction of sp³-hybridized carbons (Fsp3) is 0.318. The van der Waals surface area contributed by atoms with E-state index in [4.69, 9.17) is 16.0 Å². The van der Waals surface area contributed by atoms with Gasteiger partial charge in [-0.3, -0.25) is 0 Å². The summed E-state index contributed by atoms with van der Waals surface area (Å²) in [5, 5.41) is 0.544. The molecule has 0 N–H and O–H groups in total. The first-order valence-corrected chi connectivity index (χ1v) is 12.4. The van der Waals surface area contributed by atoms with E-state index in [1.165, 1.54) is 0 Å². The van der Waals surface area contributed by atoms with E-state index in [2.05, 4.69) is 34.8 Å². The molecule has 2 aromatic carbocycles. The quantitative estimate of drug-likeness (QED) is 0.427. The van der Waals surface area contributed by atoms with Crippen LogP contribution in [0, 0.1) is 11.8 Å². The summed E-state index contributed by atoms with van der Waals surface area (Å²) >= 11 is 9.35. The van der Waals surface area contributed by atoms with Crippen LogP contribution in [0.1, 0.15) is 20.3 Å². The van der Waals surface area contributed by atoms with Crippen molar-refractivity contribution in [2.45, 2.75) is 30.2 Å². The molecule has 0 amide bonds. The largest absolute Gasteiger partial charge is 0.419 e. The summed E-state index contributed by atoms with van der Waals surface area (Å²) in [6.45, 7) is 5.79. The van der Waals surface area contributed by atoms with Crippen LogP contribution in [0.4, 0.5) is 5.88 Å². The van der Waals surface area contributed by atoms with Crippen LogP contribution in [-0.4, -0.2) is 26.5 Å². The van der Waals surface area contributed by atoms with Crippen molar-refractivity contribution >= 4 is 43.3 Å². The highest BCUT2D eigenvalue weighted by Gasteiger charge is 2.34. The molecule has 1 aliphatic heterocycles. The molecular weight excluding hydrogens is 488 g/mol. The zero-order chi connectivity index (χ0) is 21.5. The molecule has 2 unspecified atom stereocenters. The fourth-order valence-corrected chi connectivity index (χ4v) is 5.65.